The molecule has 0 aromatic heterocycles. The summed E-state index contributed by atoms with van der Waals surface area (Å²) >= 11 is 0. The second-order valence-corrected chi connectivity index (χ2v) is 4.62. The maximum Gasteiger partial charge on any atom is 0.0826 e. The number of aliphatic hydroxyl groups excluding tert-OH is 2. The van der Waals surface area contributed by atoms with Crippen molar-refractivity contribution >= 4 is 11.1 Å². The van der Waals surface area contributed by atoms with E-state index in [1.165, 1.54) is 0 Å². The summed E-state index contributed by atoms with van der Waals surface area (Å²) in [4.78, 5) is 0. The molecule has 0 bridgehead atoms. The van der Waals surface area contributed by atoms with Crippen LogP contribution in [-0.4, -0.2) is 16.8 Å². The van der Waals surface area contributed by atoms with E-state index < -0.39 is 0 Å². The van der Waals surface area contributed by atoms with E-state index in [1.54, 1.807) is 0 Å². The van der Waals surface area contributed by atoms with Crippen molar-refractivity contribution in [2.24, 2.45) is 0 Å². The van der Waals surface area contributed by atoms with Gasteiger partial charge in [-0.05, 0) is 35.6 Å². The molecule has 2 rings (SSSR count). The summed E-state index contributed by atoms with van der Waals surface area (Å²) in [5.41, 5.74) is 4.06. The summed E-state index contributed by atoms with van der Waals surface area (Å²) in [6.45, 7) is 5.90. The Bertz CT molecular complexity index is 557. The van der Waals surface area contributed by atoms with Crippen LogP contribution in [0.5, 0.6) is 0 Å². The van der Waals surface area contributed by atoms with E-state index in [9.17, 15) is 0 Å². The molecule has 0 saturated heterocycles. The Morgan fingerprint density at radius 3 is 1.86 bits per heavy atom. The zero-order valence-corrected chi connectivity index (χ0v) is 12.4. The van der Waals surface area contributed by atoms with Gasteiger partial charge in [-0.1, -0.05) is 67.2 Å². The third-order valence-corrected chi connectivity index (χ3v) is 3.02. The summed E-state index contributed by atoms with van der Waals surface area (Å²) in [5.74, 6) is 0. The summed E-state index contributed by atoms with van der Waals surface area (Å²) in [6, 6.07) is 19.7. The molecule has 0 unspecified atom stereocenters. The highest BCUT2D eigenvalue weighted by Crippen LogP contribution is 2.14. The van der Waals surface area contributed by atoms with Crippen molar-refractivity contribution in [3.8, 4) is 0 Å². The quantitative estimate of drug-likeness (QED) is 0.799. The number of allylic oxidation sites excluding steroid dienone is 1. The first kappa shape index (κ1) is 16.7. The highest BCUT2D eigenvalue weighted by atomic mass is 16.3. The van der Waals surface area contributed by atoms with Gasteiger partial charge in [0, 0.05) is 6.61 Å². The van der Waals surface area contributed by atoms with Gasteiger partial charge in [0.1, 0.15) is 0 Å². The molecule has 21 heavy (non-hydrogen) atoms. The van der Waals surface area contributed by atoms with Crippen LogP contribution in [0.2, 0.25) is 0 Å². The van der Waals surface area contributed by atoms with Crippen LogP contribution >= 0.6 is 0 Å². The van der Waals surface area contributed by atoms with Crippen molar-refractivity contribution in [3.05, 3.63) is 84.6 Å². The van der Waals surface area contributed by atoms with Crippen LogP contribution in [0.25, 0.3) is 11.1 Å². The molecule has 2 aromatic carbocycles. The van der Waals surface area contributed by atoms with Crippen LogP contribution in [-0.2, 0) is 0 Å². The Hall–Kier alpha value is -2.32. The van der Waals surface area contributed by atoms with Crippen LogP contribution in [0.4, 0.5) is 0 Å². The highest BCUT2D eigenvalue weighted by Gasteiger charge is 1.94. The largest absolute Gasteiger partial charge is 0.515 e. The van der Waals surface area contributed by atoms with Crippen LogP contribution in [0.1, 0.15) is 24.5 Å². The van der Waals surface area contributed by atoms with Crippen molar-refractivity contribution in [1.82, 2.24) is 0 Å². The first-order valence-electron chi connectivity index (χ1n) is 6.89. The molecular formula is C19H22O2. The second-order valence-electron chi connectivity index (χ2n) is 4.62. The predicted octanol–water partition coefficient (Wildman–Crippen LogP) is 4.69. The Morgan fingerprint density at radius 1 is 0.952 bits per heavy atom. The lowest BCUT2D eigenvalue weighted by Gasteiger charge is -2.01. The lowest BCUT2D eigenvalue weighted by Crippen LogP contribution is -1.86. The highest BCUT2D eigenvalue weighted by molar-refractivity contribution is 5.63. The molecule has 2 aromatic rings. The van der Waals surface area contributed by atoms with Gasteiger partial charge in [-0.15, -0.1) is 0 Å². The second kappa shape index (κ2) is 9.56. The van der Waals surface area contributed by atoms with Gasteiger partial charge in [0.2, 0.25) is 0 Å². The molecule has 0 radical (unpaired) electrons. The molecule has 0 amide bonds. The maximum atomic E-state index is 8.64. The van der Waals surface area contributed by atoms with Gasteiger partial charge in [-0.3, -0.25) is 0 Å². The van der Waals surface area contributed by atoms with E-state index in [2.05, 4.69) is 6.58 Å². The third kappa shape index (κ3) is 6.11. The van der Waals surface area contributed by atoms with Crippen molar-refractivity contribution < 1.29 is 10.2 Å². The van der Waals surface area contributed by atoms with Crippen molar-refractivity contribution in [3.63, 3.8) is 0 Å². The lowest BCUT2D eigenvalue weighted by atomic mass is 10.1. The summed E-state index contributed by atoms with van der Waals surface area (Å²) in [6.07, 6.45) is 1.78. The molecule has 0 fully saturated rings. The number of hydrogen-bond donors (Lipinski definition) is 2. The van der Waals surface area contributed by atoms with Gasteiger partial charge in [0.15, 0.2) is 0 Å². The van der Waals surface area contributed by atoms with Crippen LogP contribution in [0.15, 0.2) is 73.5 Å². The van der Waals surface area contributed by atoms with E-state index in [0.29, 0.717) is 6.42 Å². The van der Waals surface area contributed by atoms with Gasteiger partial charge < -0.3 is 10.2 Å². The van der Waals surface area contributed by atoms with Gasteiger partial charge >= 0.3 is 0 Å². The Balaban J connectivity index is 0.000000211. The lowest BCUT2D eigenvalue weighted by molar-refractivity contribution is 0.305. The van der Waals surface area contributed by atoms with Crippen molar-refractivity contribution in [1.29, 1.82) is 0 Å². The van der Waals surface area contributed by atoms with Gasteiger partial charge in [-0.2, -0.15) is 0 Å². The maximum absolute atomic E-state index is 8.64. The van der Waals surface area contributed by atoms with Crippen LogP contribution < -0.4 is 0 Å². The van der Waals surface area contributed by atoms with E-state index in [4.69, 9.17) is 10.2 Å². The Kier molecular flexibility index (Phi) is 7.62. The molecule has 0 aliphatic carbocycles. The Morgan fingerprint density at radius 2 is 1.43 bits per heavy atom. The van der Waals surface area contributed by atoms with E-state index >= 15 is 0 Å². The van der Waals surface area contributed by atoms with E-state index in [1.807, 2.05) is 67.6 Å². The minimum Gasteiger partial charge on any atom is -0.515 e. The molecule has 0 aliphatic heterocycles. The molecule has 110 valence electrons. The fourth-order valence-electron chi connectivity index (χ4n) is 1.73. The smallest absolute Gasteiger partial charge is 0.0826 e. The summed E-state index contributed by atoms with van der Waals surface area (Å²) < 4.78 is 0. The van der Waals surface area contributed by atoms with Crippen LogP contribution in [0.3, 0.4) is 0 Å². The summed E-state index contributed by atoms with van der Waals surface area (Å²) in [7, 11) is 0. The predicted molar refractivity (Wildman–Crippen MR) is 89.9 cm³/mol. The van der Waals surface area contributed by atoms with Crippen molar-refractivity contribution in [2.45, 2.75) is 13.3 Å². The minimum atomic E-state index is 0.174. The molecule has 0 saturated carbocycles. The zero-order valence-electron chi connectivity index (χ0n) is 12.4. The SMILES string of the molecule is C=C(CCO)c1ccccc1.CC(=CO)c1ccccc1. The fraction of sp³-hybridized carbons (Fsp3) is 0.158. The first-order chi connectivity index (χ1) is 10.2. The molecule has 2 heteroatoms. The fourth-order valence-corrected chi connectivity index (χ4v) is 1.73. The minimum absolute atomic E-state index is 0.174. The molecule has 0 spiro atoms. The Labute approximate surface area is 126 Å². The van der Waals surface area contributed by atoms with Gasteiger partial charge in [0.05, 0.1) is 6.26 Å². The monoisotopic (exact) mass is 282 g/mol. The van der Waals surface area contributed by atoms with Crippen molar-refractivity contribution in [2.75, 3.05) is 6.61 Å². The normalized spacial score (nSPS) is 10.5. The molecular weight excluding hydrogens is 260 g/mol. The average Bonchev–Trinajstić information content (AvgIpc) is 2.56. The number of hydrogen-bond acceptors (Lipinski definition) is 2. The van der Waals surface area contributed by atoms with Gasteiger partial charge in [-0.25, -0.2) is 0 Å². The zero-order chi connectivity index (χ0) is 15.5. The molecule has 0 aliphatic rings. The van der Waals surface area contributed by atoms with E-state index in [0.717, 1.165) is 28.5 Å². The standard InChI is InChI=1S/C10H12O.C9H10O/c1-9(7-8-11)10-5-3-2-4-6-10;1-8(7-10)9-5-3-2-4-6-9/h2-6,11H,1,7-8H2;2-7,10H,1H3. The number of rotatable bonds is 4. The molecule has 0 heterocycles. The first-order valence-corrected chi connectivity index (χ1v) is 6.89. The van der Waals surface area contributed by atoms with Crippen LogP contribution in [0, 0.1) is 0 Å². The topological polar surface area (TPSA) is 40.5 Å². The average molecular weight is 282 g/mol. The molecule has 2 N–H and O–H groups in total. The number of aliphatic hydroxyl groups is 2. The molecule has 0 atom stereocenters. The molecule has 2 nitrogen and oxygen atoms in total. The number of benzene rings is 2. The third-order valence-electron chi connectivity index (χ3n) is 3.02. The summed E-state index contributed by atoms with van der Waals surface area (Å²) in [5, 5.41) is 17.3. The van der Waals surface area contributed by atoms with Gasteiger partial charge in [0.25, 0.3) is 0 Å². The van der Waals surface area contributed by atoms with E-state index in [-0.39, 0.29) is 6.61 Å².